The molecule has 0 bridgehead atoms. The fraction of sp³-hybridized carbons (Fsp3) is 1.00. The zero-order valence-corrected chi connectivity index (χ0v) is 20.5. The van der Waals surface area contributed by atoms with Gasteiger partial charge in [-0.3, -0.25) is 0 Å². The van der Waals surface area contributed by atoms with Gasteiger partial charge in [-0.2, -0.15) is 0 Å². The van der Waals surface area contributed by atoms with Crippen LogP contribution in [0.15, 0.2) is 0 Å². The first-order valence-electron chi connectivity index (χ1n) is 12.4. The summed E-state index contributed by atoms with van der Waals surface area (Å²) in [6, 6.07) is 0. The predicted molar refractivity (Wildman–Crippen MR) is 123 cm³/mol. The van der Waals surface area contributed by atoms with E-state index in [-0.39, 0.29) is 18.9 Å². The summed E-state index contributed by atoms with van der Waals surface area (Å²) in [5.41, 5.74) is 0. The minimum Gasteiger partial charge on any atom is -0.396 e. The highest BCUT2D eigenvalue weighted by Gasteiger charge is 2.37. The zero-order valence-electron chi connectivity index (χ0n) is 20.5. The minimum absolute atomic E-state index is 0.257. The summed E-state index contributed by atoms with van der Waals surface area (Å²) < 4.78 is 10.5. The van der Waals surface area contributed by atoms with Gasteiger partial charge < -0.3 is 55.4 Å². The van der Waals surface area contributed by atoms with Crippen LogP contribution >= 0.6 is 0 Å². The van der Waals surface area contributed by atoms with Gasteiger partial charge in [0.25, 0.3) is 0 Å². The molecule has 34 heavy (non-hydrogen) atoms. The summed E-state index contributed by atoms with van der Waals surface area (Å²) in [5, 5.41) is 88.4. The Hall–Kier alpha value is -0.440. The van der Waals surface area contributed by atoms with Crippen molar-refractivity contribution in [2.24, 2.45) is 0 Å². The second kappa shape index (κ2) is 19.7. The maximum absolute atomic E-state index is 10.4. The van der Waals surface area contributed by atoms with Crippen molar-refractivity contribution in [3.05, 3.63) is 0 Å². The molecule has 0 saturated carbocycles. The van der Waals surface area contributed by atoms with Crippen molar-refractivity contribution in [2.75, 3.05) is 13.2 Å². The SMILES string of the molecule is CCCCCCCCCC(C)OC(O)C(O)C(O)C(CCO)OC(O)C(O)C(O)C(O)CCO. The van der Waals surface area contributed by atoms with Crippen molar-refractivity contribution in [3.8, 4) is 0 Å². The first-order chi connectivity index (χ1) is 16.1. The van der Waals surface area contributed by atoms with E-state index in [1.54, 1.807) is 6.92 Å². The Bertz CT molecular complexity index is 470. The third-order valence-corrected chi connectivity index (χ3v) is 5.80. The Morgan fingerprint density at radius 2 is 1.06 bits per heavy atom. The number of unbranched alkanes of at least 4 members (excludes halogenated alkanes) is 6. The molecule has 11 heteroatoms. The molecule has 0 aromatic heterocycles. The second-order valence-corrected chi connectivity index (χ2v) is 8.87. The van der Waals surface area contributed by atoms with Gasteiger partial charge >= 0.3 is 0 Å². The van der Waals surface area contributed by atoms with Gasteiger partial charge in [-0.1, -0.05) is 51.9 Å². The van der Waals surface area contributed by atoms with E-state index in [0.717, 1.165) is 19.3 Å². The topological polar surface area (TPSA) is 201 Å². The van der Waals surface area contributed by atoms with E-state index < -0.39 is 62.4 Å². The lowest BCUT2D eigenvalue weighted by Gasteiger charge is -2.33. The van der Waals surface area contributed by atoms with Crippen molar-refractivity contribution in [3.63, 3.8) is 0 Å². The van der Waals surface area contributed by atoms with Crippen LogP contribution in [0.4, 0.5) is 0 Å². The van der Waals surface area contributed by atoms with Gasteiger partial charge in [-0.15, -0.1) is 0 Å². The summed E-state index contributed by atoms with van der Waals surface area (Å²) in [7, 11) is 0. The van der Waals surface area contributed by atoms with Gasteiger partial charge in [0.1, 0.15) is 24.4 Å². The van der Waals surface area contributed by atoms with Crippen molar-refractivity contribution in [2.45, 2.75) is 133 Å². The van der Waals surface area contributed by atoms with Crippen LogP contribution in [0.25, 0.3) is 0 Å². The maximum Gasteiger partial charge on any atom is 0.183 e. The zero-order chi connectivity index (χ0) is 26.1. The Labute approximate surface area is 202 Å². The highest BCUT2D eigenvalue weighted by molar-refractivity contribution is 4.82. The van der Waals surface area contributed by atoms with E-state index in [1.807, 2.05) is 0 Å². The normalized spacial score (nSPS) is 20.2. The summed E-state index contributed by atoms with van der Waals surface area (Å²) in [6.45, 7) is 2.92. The van der Waals surface area contributed by atoms with Crippen LogP contribution in [0.1, 0.15) is 78.1 Å². The van der Waals surface area contributed by atoms with Crippen LogP contribution in [0, 0.1) is 0 Å². The molecule has 0 aliphatic rings. The van der Waals surface area contributed by atoms with Crippen LogP contribution < -0.4 is 0 Å². The molecule has 0 aromatic rings. The third kappa shape index (κ3) is 13.6. The Balaban J connectivity index is 4.66. The lowest BCUT2D eigenvalue weighted by Crippen LogP contribution is -2.52. The molecule has 0 aliphatic carbocycles. The monoisotopic (exact) mass is 500 g/mol. The number of aliphatic hydroxyl groups excluding tert-OH is 9. The van der Waals surface area contributed by atoms with Gasteiger partial charge in [-0.25, -0.2) is 0 Å². The number of aliphatic hydroxyl groups is 9. The van der Waals surface area contributed by atoms with Gasteiger partial charge in [0.05, 0.1) is 18.3 Å². The highest BCUT2D eigenvalue weighted by Crippen LogP contribution is 2.19. The maximum atomic E-state index is 10.4. The number of ether oxygens (including phenoxy) is 2. The quantitative estimate of drug-likeness (QED) is 0.0660. The van der Waals surface area contributed by atoms with Crippen molar-refractivity contribution < 1.29 is 55.4 Å². The minimum atomic E-state index is -2.10. The van der Waals surface area contributed by atoms with Crippen molar-refractivity contribution in [1.29, 1.82) is 0 Å². The molecule has 0 amide bonds. The molecule has 0 heterocycles. The molecule has 0 saturated heterocycles. The molecule has 0 aliphatic heterocycles. The number of rotatable bonds is 22. The van der Waals surface area contributed by atoms with Gasteiger partial charge in [-0.05, 0) is 26.2 Å². The van der Waals surface area contributed by atoms with Crippen LogP contribution in [0.2, 0.25) is 0 Å². The fourth-order valence-corrected chi connectivity index (χ4v) is 3.57. The van der Waals surface area contributed by atoms with Crippen molar-refractivity contribution in [1.82, 2.24) is 0 Å². The lowest BCUT2D eigenvalue weighted by atomic mass is 10.0. The Morgan fingerprint density at radius 1 is 0.559 bits per heavy atom. The molecule has 9 unspecified atom stereocenters. The van der Waals surface area contributed by atoms with Crippen LogP contribution in [-0.2, 0) is 9.47 Å². The van der Waals surface area contributed by atoms with Crippen molar-refractivity contribution >= 4 is 0 Å². The summed E-state index contributed by atoms with van der Waals surface area (Å²) in [4.78, 5) is 0. The molecule has 0 aromatic carbocycles. The molecular weight excluding hydrogens is 452 g/mol. The number of hydrogen-bond donors (Lipinski definition) is 9. The lowest BCUT2D eigenvalue weighted by molar-refractivity contribution is -0.261. The van der Waals surface area contributed by atoms with E-state index >= 15 is 0 Å². The molecule has 0 radical (unpaired) electrons. The molecule has 0 fully saturated rings. The average Bonchev–Trinajstić information content (AvgIpc) is 2.81. The fourth-order valence-electron chi connectivity index (χ4n) is 3.57. The first kappa shape index (κ1) is 33.6. The van der Waals surface area contributed by atoms with E-state index in [9.17, 15) is 40.9 Å². The summed E-state index contributed by atoms with van der Waals surface area (Å²) >= 11 is 0. The molecule has 0 spiro atoms. The van der Waals surface area contributed by atoms with Gasteiger partial charge in [0.2, 0.25) is 0 Å². The van der Waals surface area contributed by atoms with E-state index in [0.29, 0.717) is 6.42 Å². The predicted octanol–water partition coefficient (Wildman–Crippen LogP) is -0.876. The van der Waals surface area contributed by atoms with Crippen LogP contribution in [0.5, 0.6) is 0 Å². The smallest absolute Gasteiger partial charge is 0.183 e. The van der Waals surface area contributed by atoms with Crippen LogP contribution in [0.3, 0.4) is 0 Å². The highest BCUT2D eigenvalue weighted by atomic mass is 16.6. The first-order valence-corrected chi connectivity index (χ1v) is 12.4. The molecule has 206 valence electrons. The Morgan fingerprint density at radius 3 is 1.62 bits per heavy atom. The van der Waals surface area contributed by atoms with Gasteiger partial charge in [0.15, 0.2) is 12.6 Å². The number of hydrogen-bond acceptors (Lipinski definition) is 11. The third-order valence-electron chi connectivity index (χ3n) is 5.80. The molecule has 9 atom stereocenters. The van der Waals surface area contributed by atoms with Gasteiger partial charge in [0, 0.05) is 13.2 Å². The average molecular weight is 501 g/mol. The summed E-state index contributed by atoms with van der Waals surface area (Å²) in [6.07, 6.45) is -6.77. The van der Waals surface area contributed by atoms with E-state index in [1.165, 1.54) is 25.7 Å². The second-order valence-electron chi connectivity index (χ2n) is 8.87. The molecule has 11 nitrogen and oxygen atoms in total. The molecule has 9 N–H and O–H groups in total. The summed E-state index contributed by atoms with van der Waals surface area (Å²) in [5.74, 6) is 0. The Kier molecular flexibility index (Phi) is 19.5. The standard InChI is InChI=1S/C23H48O11/c1-3-4-5-6-7-8-9-10-15(2)33-22(31)21(30)19(28)17(12-14-25)34-23(32)20(29)18(27)16(26)11-13-24/h15-32H,3-14H2,1-2H3. The van der Waals surface area contributed by atoms with E-state index in [4.69, 9.17) is 14.6 Å². The molecular formula is C23H48O11. The molecule has 0 rings (SSSR count). The largest absolute Gasteiger partial charge is 0.396 e. The van der Waals surface area contributed by atoms with Crippen LogP contribution in [-0.4, -0.2) is 114 Å². The van der Waals surface area contributed by atoms with E-state index in [2.05, 4.69) is 6.92 Å².